The van der Waals surface area contributed by atoms with Crippen LogP contribution in [0.15, 0.2) is 18.2 Å². The SMILES string of the molecule is Cc1ccc(C(=O)N[C@@H]2CC(=O)N(C3CC3)C2)cc1C. The predicted octanol–water partition coefficient (Wildman–Crippen LogP) is 1.80. The topological polar surface area (TPSA) is 49.4 Å². The summed E-state index contributed by atoms with van der Waals surface area (Å²) in [7, 11) is 0. The van der Waals surface area contributed by atoms with Crippen LogP contribution in [0.3, 0.4) is 0 Å². The van der Waals surface area contributed by atoms with E-state index in [1.165, 1.54) is 5.56 Å². The van der Waals surface area contributed by atoms with Gasteiger partial charge in [0.1, 0.15) is 0 Å². The second-order valence-corrected chi connectivity index (χ2v) is 5.95. The number of likely N-dealkylation sites (tertiary alicyclic amines) is 1. The van der Waals surface area contributed by atoms with Crippen LogP contribution in [0.25, 0.3) is 0 Å². The van der Waals surface area contributed by atoms with E-state index in [4.69, 9.17) is 0 Å². The lowest BCUT2D eigenvalue weighted by atomic mass is 10.1. The highest BCUT2D eigenvalue weighted by Crippen LogP contribution is 2.30. The number of benzene rings is 1. The van der Waals surface area contributed by atoms with Gasteiger partial charge in [-0.25, -0.2) is 0 Å². The summed E-state index contributed by atoms with van der Waals surface area (Å²) in [5.41, 5.74) is 2.96. The highest BCUT2D eigenvalue weighted by molar-refractivity contribution is 5.95. The van der Waals surface area contributed by atoms with Crippen molar-refractivity contribution in [2.24, 2.45) is 0 Å². The number of hydrogen-bond acceptors (Lipinski definition) is 2. The van der Waals surface area contributed by atoms with Crippen LogP contribution in [0, 0.1) is 13.8 Å². The van der Waals surface area contributed by atoms with Gasteiger partial charge in [0.2, 0.25) is 5.91 Å². The highest BCUT2D eigenvalue weighted by atomic mass is 16.2. The van der Waals surface area contributed by atoms with Gasteiger partial charge in [0.05, 0.1) is 6.04 Å². The molecule has 0 aromatic heterocycles. The summed E-state index contributed by atoms with van der Waals surface area (Å²) in [5, 5.41) is 2.98. The Morgan fingerprint density at radius 1 is 1.25 bits per heavy atom. The van der Waals surface area contributed by atoms with Gasteiger partial charge in [-0.05, 0) is 49.9 Å². The highest BCUT2D eigenvalue weighted by Gasteiger charge is 2.39. The molecule has 3 rings (SSSR count). The van der Waals surface area contributed by atoms with E-state index in [1.54, 1.807) is 0 Å². The number of rotatable bonds is 3. The molecule has 20 heavy (non-hydrogen) atoms. The first-order valence-corrected chi connectivity index (χ1v) is 7.22. The average Bonchev–Trinajstić information content (AvgIpc) is 3.17. The van der Waals surface area contributed by atoms with Crippen molar-refractivity contribution in [1.82, 2.24) is 10.2 Å². The molecular weight excluding hydrogens is 252 g/mol. The van der Waals surface area contributed by atoms with Crippen LogP contribution in [-0.4, -0.2) is 35.3 Å². The van der Waals surface area contributed by atoms with Crippen molar-refractivity contribution < 1.29 is 9.59 Å². The van der Waals surface area contributed by atoms with Gasteiger partial charge in [0.25, 0.3) is 5.91 Å². The molecule has 1 saturated heterocycles. The monoisotopic (exact) mass is 272 g/mol. The Hall–Kier alpha value is -1.84. The number of nitrogens with one attached hydrogen (secondary N) is 1. The summed E-state index contributed by atoms with van der Waals surface area (Å²) in [6, 6.07) is 6.09. The van der Waals surface area contributed by atoms with Crippen LogP contribution in [0.1, 0.15) is 40.7 Å². The standard InChI is InChI=1S/C16H20N2O2/c1-10-3-4-12(7-11(10)2)16(20)17-13-8-15(19)18(9-13)14-5-6-14/h3-4,7,13-14H,5-6,8-9H2,1-2H3,(H,17,20)/t13-/m1/s1. The Labute approximate surface area is 119 Å². The maximum absolute atomic E-state index is 12.2. The lowest BCUT2D eigenvalue weighted by Gasteiger charge is -2.16. The molecule has 1 saturated carbocycles. The molecule has 1 aromatic carbocycles. The van der Waals surface area contributed by atoms with Gasteiger partial charge in [-0.2, -0.15) is 0 Å². The average molecular weight is 272 g/mol. The van der Waals surface area contributed by atoms with Crippen molar-refractivity contribution >= 4 is 11.8 Å². The zero-order valence-electron chi connectivity index (χ0n) is 12.0. The van der Waals surface area contributed by atoms with Crippen LogP contribution in [-0.2, 0) is 4.79 Å². The molecule has 1 N–H and O–H groups in total. The summed E-state index contributed by atoms with van der Waals surface area (Å²) >= 11 is 0. The van der Waals surface area contributed by atoms with Crippen molar-refractivity contribution in [2.45, 2.75) is 45.2 Å². The molecule has 1 heterocycles. The maximum atomic E-state index is 12.2. The van der Waals surface area contributed by atoms with E-state index in [1.807, 2.05) is 36.9 Å². The molecule has 1 aliphatic carbocycles. The molecule has 2 fully saturated rings. The van der Waals surface area contributed by atoms with E-state index in [2.05, 4.69) is 5.32 Å². The van der Waals surface area contributed by atoms with Crippen LogP contribution in [0.2, 0.25) is 0 Å². The molecule has 4 heteroatoms. The Morgan fingerprint density at radius 2 is 2.00 bits per heavy atom. The first kappa shape index (κ1) is 13.2. The van der Waals surface area contributed by atoms with Gasteiger partial charge in [-0.3, -0.25) is 9.59 Å². The van der Waals surface area contributed by atoms with Gasteiger partial charge >= 0.3 is 0 Å². The Bertz CT molecular complexity index is 564. The molecule has 1 atom stereocenters. The summed E-state index contributed by atoms with van der Waals surface area (Å²) in [6.07, 6.45) is 2.67. The fourth-order valence-corrected chi connectivity index (χ4v) is 2.72. The third-order valence-electron chi connectivity index (χ3n) is 4.25. The first-order chi connectivity index (χ1) is 9.54. The van der Waals surface area contributed by atoms with Gasteiger partial charge < -0.3 is 10.2 Å². The minimum Gasteiger partial charge on any atom is -0.347 e. The Kier molecular flexibility index (Phi) is 3.24. The summed E-state index contributed by atoms with van der Waals surface area (Å²) < 4.78 is 0. The fourth-order valence-electron chi connectivity index (χ4n) is 2.72. The molecule has 0 bridgehead atoms. The second-order valence-electron chi connectivity index (χ2n) is 5.95. The third-order valence-corrected chi connectivity index (χ3v) is 4.25. The van der Waals surface area contributed by atoms with Gasteiger partial charge in [0, 0.05) is 24.6 Å². The lowest BCUT2D eigenvalue weighted by molar-refractivity contribution is -0.128. The summed E-state index contributed by atoms with van der Waals surface area (Å²) in [5.74, 6) is 0.0985. The van der Waals surface area contributed by atoms with Gasteiger partial charge in [0.15, 0.2) is 0 Å². The number of hydrogen-bond donors (Lipinski definition) is 1. The normalized spacial score (nSPS) is 22.2. The maximum Gasteiger partial charge on any atom is 0.251 e. The van der Waals surface area contributed by atoms with Crippen LogP contribution in [0.4, 0.5) is 0 Å². The van der Waals surface area contributed by atoms with E-state index >= 15 is 0 Å². The van der Waals surface area contributed by atoms with Crippen LogP contribution >= 0.6 is 0 Å². The van der Waals surface area contributed by atoms with E-state index < -0.39 is 0 Å². The number of aryl methyl sites for hydroxylation is 2. The third kappa shape index (κ3) is 2.55. The quantitative estimate of drug-likeness (QED) is 0.912. The van der Waals surface area contributed by atoms with Crippen molar-refractivity contribution in [3.8, 4) is 0 Å². The van der Waals surface area contributed by atoms with Crippen LogP contribution in [0.5, 0.6) is 0 Å². The fraction of sp³-hybridized carbons (Fsp3) is 0.500. The molecular formula is C16H20N2O2. The number of amides is 2. The molecule has 2 amide bonds. The number of carbonyl (C=O) groups is 2. The van der Waals surface area contributed by atoms with Crippen LogP contribution < -0.4 is 5.32 Å². The van der Waals surface area contributed by atoms with Crippen molar-refractivity contribution in [3.63, 3.8) is 0 Å². The smallest absolute Gasteiger partial charge is 0.251 e. The van der Waals surface area contributed by atoms with Gasteiger partial charge in [-0.15, -0.1) is 0 Å². The van der Waals surface area contributed by atoms with Crippen molar-refractivity contribution in [3.05, 3.63) is 34.9 Å². The Balaban J connectivity index is 1.64. The first-order valence-electron chi connectivity index (χ1n) is 7.22. The minimum absolute atomic E-state index is 0.0443. The molecule has 0 unspecified atom stereocenters. The summed E-state index contributed by atoms with van der Waals surface area (Å²) in [6.45, 7) is 4.69. The lowest BCUT2D eigenvalue weighted by Crippen LogP contribution is -2.37. The van der Waals surface area contributed by atoms with Crippen molar-refractivity contribution in [2.75, 3.05) is 6.54 Å². The summed E-state index contributed by atoms with van der Waals surface area (Å²) in [4.78, 5) is 26.0. The van der Waals surface area contributed by atoms with E-state index in [0.717, 1.165) is 18.4 Å². The molecule has 2 aliphatic rings. The van der Waals surface area contributed by atoms with Crippen molar-refractivity contribution in [1.29, 1.82) is 0 Å². The number of nitrogens with zero attached hydrogens (tertiary/aromatic N) is 1. The molecule has 1 aromatic rings. The second kappa shape index (κ2) is 4.93. The molecule has 0 spiro atoms. The zero-order chi connectivity index (χ0) is 14.3. The molecule has 106 valence electrons. The Morgan fingerprint density at radius 3 is 2.65 bits per heavy atom. The largest absolute Gasteiger partial charge is 0.347 e. The minimum atomic E-state index is -0.0800. The van der Waals surface area contributed by atoms with Gasteiger partial charge in [-0.1, -0.05) is 6.07 Å². The predicted molar refractivity (Wildman–Crippen MR) is 76.5 cm³/mol. The number of carbonyl (C=O) groups excluding carboxylic acids is 2. The van der Waals surface area contributed by atoms with E-state index in [-0.39, 0.29) is 17.9 Å². The van der Waals surface area contributed by atoms with E-state index in [0.29, 0.717) is 24.6 Å². The van der Waals surface area contributed by atoms with E-state index in [9.17, 15) is 9.59 Å². The molecule has 4 nitrogen and oxygen atoms in total. The molecule has 0 radical (unpaired) electrons. The zero-order valence-corrected chi connectivity index (χ0v) is 12.0. The molecule has 1 aliphatic heterocycles.